The van der Waals surface area contributed by atoms with Gasteiger partial charge in [0, 0.05) is 18.7 Å². The van der Waals surface area contributed by atoms with Crippen LogP contribution < -0.4 is 0 Å². The van der Waals surface area contributed by atoms with Crippen molar-refractivity contribution < 1.29 is 19.1 Å². The van der Waals surface area contributed by atoms with Crippen molar-refractivity contribution in [2.75, 3.05) is 0 Å². The van der Waals surface area contributed by atoms with Gasteiger partial charge in [-0.25, -0.2) is 9.59 Å². The van der Waals surface area contributed by atoms with Gasteiger partial charge in [0.15, 0.2) is 0 Å². The Morgan fingerprint density at radius 3 is 2.23 bits per heavy atom. The van der Waals surface area contributed by atoms with Crippen molar-refractivity contribution in [2.45, 2.75) is 30.9 Å². The molecule has 0 radical (unpaired) electrons. The highest BCUT2D eigenvalue weighted by Crippen LogP contribution is 2.85. The average Bonchev–Trinajstić information content (AvgIpc) is 3.10. The molecule has 7 rings (SSSR count). The second kappa shape index (κ2) is 3.33. The van der Waals surface area contributed by atoms with Gasteiger partial charge in [-0.2, -0.15) is 0 Å². The summed E-state index contributed by atoms with van der Waals surface area (Å²) in [7, 11) is 0. The molecular weight excluding hydrogens is 348 g/mol. The van der Waals surface area contributed by atoms with Crippen LogP contribution in [0.5, 0.6) is 0 Å². The van der Waals surface area contributed by atoms with Crippen LogP contribution in [0, 0.1) is 47.3 Å². The van der Waals surface area contributed by atoms with E-state index in [1.54, 1.807) is 13.8 Å². The molecule has 6 bridgehead atoms. The molecule has 1 heterocycles. The first-order valence-electron chi connectivity index (χ1n) is 8.25. The van der Waals surface area contributed by atoms with E-state index in [1.165, 1.54) is 6.42 Å². The maximum absolute atomic E-state index is 12.5. The Kier molecular flexibility index (Phi) is 1.90. The van der Waals surface area contributed by atoms with Gasteiger partial charge in [-0.05, 0) is 59.3 Å². The summed E-state index contributed by atoms with van der Waals surface area (Å²) in [5, 5.41) is 0. The summed E-state index contributed by atoms with van der Waals surface area (Å²) in [6.07, 6.45) is 1.30. The maximum Gasteiger partial charge on any atom is 0.348 e. The minimum Gasteiger partial charge on any atom is -0.419 e. The third-order valence-electron chi connectivity index (χ3n) is 7.45. The van der Waals surface area contributed by atoms with E-state index >= 15 is 0 Å². The summed E-state index contributed by atoms with van der Waals surface area (Å²) in [5.74, 6) is 3.08. The fourth-order valence-electron chi connectivity index (χ4n) is 7.49. The van der Waals surface area contributed by atoms with Crippen LogP contribution in [0.3, 0.4) is 0 Å². The van der Waals surface area contributed by atoms with E-state index in [2.05, 4.69) is 15.9 Å². The lowest BCUT2D eigenvalue weighted by Gasteiger charge is -2.32. The zero-order chi connectivity index (χ0) is 15.1. The fraction of sp³-hybridized carbons (Fsp3) is 0.765. The van der Waals surface area contributed by atoms with Gasteiger partial charge < -0.3 is 9.47 Å². The van der Waals surface area contributed by atoms with Crippen LogP contribution in [-0.2, 0) is 19.1 Å². The summed E-state index contributed by atoms with van der Waals surface area (Å²) < 4.78 is 10.7. The molecule has 0 aromatic carbocycles. The zero-order valence-electron chi connectivity index (χ0n) is 12.4. The first kappa shape index (κ1) is 12.6. The minimum atomic E-state index is -1.14. The Labute approximate surface area is 136 Å². The number of hydrogen-bond donors (Lipinski definition) is 0. The van der Waals surface area contributed by atoms with Crippen LogP contribution in [0.1, 0.15) is 20.3 Å². The van der Waals surface area contributed by atoms with Gasteiger partial charge >= 0.3 is 11.9 Å². The Balaban J connectivity index is 1.54. The lowest BCUT2D eigenvalue weighted by atomic mass is 9.71. The molecule has 0 aromatic heterocycles. The molecule has 5 heteroatoms. The number of allylic oxidation sites excluding steroid dienone is 1. The highest BCUT2D eigenvalue weighted by atomic mass is 79.9. The highest BCUT2D eigenvalue weighted by molar-refractivity contribution is 9.09. The van der Waals surface area contributed by atoms with Gasteiger partial charge in [-0.15, -0.1) is 0 Å². The SMILES string of the molecule is CC1(C)OC(=O)C(=C2[C@H]3[C@H]4[C@@H]5C[C@H]6[C@H]4[C@H](Br)[C@@H]3[C@@H]6[C@@H]25)C(=O)O1. The molecule has 22 heavy (non-hydrogen) atoms. The van der Waals surface area contributed by atoms with E-state index < -0.39 is 17.7 Å². The van der Waals surface area contributed by atoms with Crippen molar-refractivity contribution in [1.29, 1.82) is 0 Å². The number of halogens is 1. The van der Waals surface area contributed by atoms with Crippen LogP contribution in [0.2, 0.25) is 0 Å². The molecule has 0 N–H and O–H groups in total. The number of ether oxygens (including phenoxy) is 2. The number of cyclic esters (lactones) is 2. The van der Waals surface area contributed by atoms with Crippen LogP contribution in [0.4, 0.5) is 0 Å². The van der Waals surface area contributed by atoms with E-state index in [4.69, 9.17) is 9.47 Å². The van der Waals surface area contributed by atoms with Gasteiger partial charge in [-0.1, -0.05) is 15.9 Å². The van der Waals surface area contributed by atoms with Crippen LogP contribution in [0.25, 0.3) is 0 Å². The van der Waals surface area contributed by atoms with Crippen molar-refractivity contribution in [1.82, 2.24) is 0 Å². The molecule has 116 valence electrons. The first-order valence-corrected chi connectivity index (χ1v) is 9.17. The number of carbonyl (C=O) groups excluding carboxylic acids is 2. The predicted molar refractivity (Wildman–Crippen MR) is 78.5 cm³/mol. The Morgan fingerprint density at radius 2 is 1.59 bits per heavy atom. The third kappa shape index (κ3) is 1.06. The van der Waals surface area contributed by atoms with E-state index in [0.717, 1.165) is 17.4 Å². The number of alkyl halides is 1. The predicted octanol–water partition coefficient (Wildman–Crippen LogP) is 2.27. The average molecular weight is 365 g/mol. The Morgan fingerprint density at radius 1 is 0.955 bits per heavy atom. The maximum atomic E-state index is 12.5. The highest BCUT2D eigenvalue weighted by Gasteiger charge is 2.82. The Hall–Kier alpha value is -0.840. The standard InChI is InChI=1S/C17H17BrO4/c1-17(2)21-15(19)13(16(20)22-17)11-6-4-3-5-7(6)12-10(11)8(4)9(5)14(12)18/h4-10,12,14H,3H2,1-2H3/t4-,5-,6+,7+,8+,9-,10-,12-,14+/m1/s1. The molecule has 1 saturated heterocycles. The lowest BCUT2D eigenvalue weighted by molar-refractivity contribution is -0.222. The van der Waals surface area contributed by atoms with E-state index in [0.29, 0.717) is 40.3 Å². The molecule has 7 aliphatic rings. The smallest absolute Gasteiger partial charge is 0.348 e. The van der Waals surface area contributed by atoms with E-state index in [9.17, 15) is 9.59 Å². The summed E-state index contributed by atoms with van der Waals surface area (Å²) in [6, 6.07) is 0. The fourth-order valence-corrected chi connectivity index (χ4v) is 8.92. The molecule has 4 nitrogen and oxygen atoms in total. The van der Waals surface area contributed by atoms with Gasteiger partial charge in [0.05, 0.1) is 0 Å². The van der Waals surface area contributed by atoms with E-state index in [-0.39, 0.29) is 5.57 Å². The van der Waals surface area contributed by atoms with Crippen LogP contribution in [-0.4, -0.2) is 22.6 Å². The number of rotatable bonds is 0. The second-order valence-corrected chi connectivity index (χ2v) is 9.44. The quantitative estimate of drug-likeness (QED) is 0.286. The van der Waals surface area contributed by atoms with Crippen molar-refractivity contribution in [3.8, 4) is 0 Å². The molecule has 0 aromatic rings. The molecule has 0 amide bonds. The van der Waals surface area contributed by atoms with Gasteiger partial charge in [0.25, 0.3) is 5.79 Å². The summed E-state index contributed by atoms with van der Waals surface area (Å²) >= 11 is 3.93. The third-order valence-corrected chi connectivity index (χ3v) is 8.67. The molecule has 6 saturated carbocycles. The molecule has 0 unspecified atom stereocenters. The van der Waals surface area contributed by atoms with Gasteiger partial charge in [-0.3, -0.25) is 0 Å². The summed E-state index contributed by atoms with van der Waals surface area (Å²) in [6.45, 7) is 3.22. The van der Waals surface area contributed by atoms with Gasteiger partial charge in [0.1, 0.15) is 5.57 Å². The number of hydrogen-bond acceptors (Lipinski definition) is 4. The number of carbonyl (C=O) groups is 2. The van der Waals surface area contributed by atoms with Crippen molar-refractivity contribution >= 4 is 27.9 Å². The summed E-state index contributed by atoms with van der Waals surface area (Å²) in [4.78, 5) is 25.6. The normalized spacial score (nSPS) is 58.2. The molecule has 0 spiro atoms. The Bertz CT molecular complexity index is 671. The monoisotopic (exact) mass is 364 g/mol. The largest absolute Gasteiger partial charge is 0.419 e. The molecule has 9 atom stereocenters. The molecular formula is C17H17BrO4. The molecule has 6 aliphatic carbocycles. The lowest BCUT2D eigenvalue weighted by Crippen LogP contribution is -2.42. The van der Waals surface area contributed by atoms with Crippen LogP contribution >= 0.6 is 15.9 Å². The van der Waals surface area contributed by atoms with Crippen LogP contribution in [0.15, 0.2) is 11.1 Å². The van der Waals surface area contributed by atoms with Crippen molar-refractivity contribution in [2.24, 2.45) is 47.3 Å². The topological polar surface area (TPSA) is 52.6 Å². The van der Waals surface area contributed by atoms with E-state index in [1.807, 2.05) is 0 Å². The second-order valence-electron chi connectivity index (χ2n) is 8.38. The molecule has 7 fully saturated rings. The van der Waals surface area contributed by atoms with Gasteiger partial charge in [0.2, 0.25) is 0 Å². The molecule has 1 aliphatic heterocycles. The van der Waals surface area contributed by atoms with Crippen molar-refractivity contribution in [3.63, 3.8) is 0 Å². The number of esters is 2. The first-order chi connectivity index (χ1) is 10.4. The minimum absolute atomic E-state index is 0.247. The zero-order valence-corrected chi connectivity index (χ0v) is 14.0. The summed E-state index contributed by atoms with van der Waals surface area (Å²) in [5.41, 5.74) is 1.36. The van der Waals surface area contributed by atoms with Crippen molar-refractivity contribution in [3.05, 3.63) is 11.1 Å².